The minimum absolute atomic E-state index is 0. The fraction of sp³-hybridized carbons (Fsp3) is 0.312. The van der Waals surface area contributed by atoms with Crippen LogP contribution < -0.4 is 15.8 Å². The molecule has 9 heteroatoms. The number of ether oxygens (including phenoxy) is 1. The summed E-state index contributed by atoms with van der Waals surface area (Å²) in [7, 11) is 0. The molecule has 0 aliphatic carbocycles. The molecule has 1 aromatic heterocycles. The van der Waals surface area contributed by atoms with E-state index in [4.69, 9.17) is 5.73 Å². The third kappa shape index (κ3) is 6.73. The van der Waals surface area contributed by atoms with Gasteiger partial charge in [-0.25, -0.2) is 0 Å². The first-order valence-electron chi connectivity index (χ1n) is 7.13. The Kier molecular flexibility index (Phi) is 7.54. The van der Waals surface area contributed by atoms with Gasteiger partial charge in [-0.1, -0.05) is 32.0 Å². The minimum Gasteiger partial charge on any atom is -0.404 e. The van der Waals surface area contributed by atoms with Crippen LogP contribution in [-0.2, 0) is 5.41 Å². The summed E-state index contributed by atoms with van der Waals surface area (Å²) in [6, 6.07) is 9.63. The monoisotopic (exact) mass is 485 g/mol. The molecule has 0 saturated heterocycles. The van der Waals surface area contributed by atoms with Gasteiger partial charge in [-0.15, -0.1) is 48.5 Å². The van der Waals surface area contributed by atoms with Gasteiger partial charge in [0, 0.05) is 10.3 Å². The van der Waals surface area contributed by atoms with Crippen LogP contribution in [0.3, 0.4) is 0 Å². The first-order valence-corrected chi connectivity index (χ1v) is 8.01. The highest BCUT2D eigenvalue weighted by atomic mass is 127. The van der Waals surface area contributed by atoms with E-state index in [9.17, 15) is 13.2 Å². The average molecular weight is 485 g/mol. The summed E-state index contributed by atoms with van der Waals surface area (Å²) >= 11 is 1.62. The smallest absolute Gasteiger partial charge is 0.404 e. The third-order valence-corrected chi connectivity index (χ3v) is 4.44. The number of anilines is 1. The Morgan fingerprint density at radius 2 is 1.88 bits per heavy atom. The van der Waals surface area contributed by atoms with Gasteiger partial charge in [0.05, 0.1) is 12.2 Å². The molecule has 1 heterocycles. The average Bonchev–Trinajstić information content (AvgIpc) is 3.01. The highest BCUT2D eigenvalue weighted by Gasteiger charge is 2.32. The van der Waals surface area contributed by atoms with E-state index in [1.165, 1.54) is 18.2 Å². The van der Waals surface area contributed by atoms with E-state index in [0.29, 0.717) is 6.54 Å². The lowest BCUT2D eigenvalue weighted by atomic mass is 9.92. The molecule has 2 rings (SSSR count). The normalized spacial score (nSPS) is 12.4. The molecule has 3 N–H and O–H groups in total. The fourth-order valence-electron chi connectivity index (χ4n) is 1.99. The summed E-state index contributed by atoms with van der Waals surface area (Å²) in [5, 5.41) is 4.64. The van der Waals surface area contributed by atoms with E-state index >= 15 is 0 Å². The van der Waals surface area contributed by atoms with E-state index in [1.807, 2.05) is 31.4 Å². The molecular formula is C16H19F3IN3OS. The fourth-order valence-corrected chi connectivity index (χ4v) is 2.83. The van der Waals surface area contributed by atoms with Crippen molar-refractivity contribution >= 4 is 47.0 Å². The number of hydrogen-bond acceptors (Lipinski definition) is 3. The first kappa shape index (κ1) is 21.6. The Hall–Kier alpha value is -1.49. The summed E-state index contributed by atoms with van der Waals surface area (Å²) in [6.07, 6.45) is -4.77. The van der Waals surface area contributed by atoms with Crippen LogP contribution in [0.4, 0.5) is 18.9 Å². The molecule has 0 aliphatic rings. The molecule has 4 nitrogen and oxygen atoms in total. The van der Waals surface area contributed by atoms with Crippen molar-refractivity contribution < 1.29 is 17.9 Å². The second-order valence-electron chi connectivity index (χ2n) is 5.73. The molecule has 0 fully saturated rings. The summed E-state index contributed by atoms with van der Waals surface area (Å²) in [5.41, 5.74) is 5.69. The number of nitrogens with one attached hydrogen (secondary N) is 1. The quantitative estimate of drug-likeness (QED) is 0.357. The molecule has 1 aromatic carbocycles. The Morgan fingerprint density at radius 3 is 2.48 bits per heavy atom. The van der Waals surface area contributed by atoms with Gasteiger partial charge in [0.2, 0.25) is 0 Å². The largest absolute Gasteiger partial charge is 0.573 e. The van der Waals surface area contributed by atoms with Crippen molar-refractivity contribution in [2.75, 3.05) is 11.9 Å². The maximum Gasteiger partial charge on any atom is 0.573 e. The minimum atomic E-state index is -4.77. The first-order chi connectivity index (χ1) is 11.2. The van der Waals surface area contributed by atoms with Crippen molar-refractivity contribution in [2.24, 2.45) is 10.7 Å². The number of guanidine groups is 1. The molecule has 2 aromatic rings. The molecule has 0 spiro atoms. The van der Waals surface area contributed by atoms with Gasteiger partial charge in [-0.3, -0.25) is 4.99 Å². The summed E-state index contributed by atoms with van der Waals surface area (Å²) < 4.78 is 41.2. The molecule has 0 aliphatic heterocycles. The van der Waals surface area contributed by atoms with Gasteiger partial charge >= 0.3 is 6.36 Å². The summed E-state index contributed by atoms with van der Waals surface area (Å²) in [4.78, 5) is 5.39. The van der Waals surface area contributed by atoms with Crippen LogP contribution in [0.2, 0.25) is 0 Å². The molecule has 0 radical (unpaired) electrons. The van der Waals surface area contributed by atoms with Crippen LogP contribution >= 0.6 is 35.3 Å². The second kappa shape index (κ2) is 8.75. The van der Waals surface area contributed by atoms with Crippen LogP contribution in [0.1, 0.15) is 18.7 Å². The number of alkyl halides is 3. The van der Waals surface area contributed by atoms with Gasteiger partial charge in [0.15, 0.2) is 11.7 Å². The number of hydrogen-bond donors (Lipinski definition) is 2. The van der Waals surface area contributed by atoms with E-state index in [-0.39, 0.29) is 46.8 Å². The van der Waals surface area contributed by atoms with Crippen molar-refractivity contribution in [3.05, 3.63) is 46.7 Å². The number of halogens is 4. The molecular weight excluding hydrogens is 466 g/mol. The number of aliphatic imine (C=N–C) groups is 1. The number of rotatable bonds is 5. The van der Waals surface area contributed by atoms with Gasteiger partial charge in [-0.2, -0.15) is 0 Å². The summed E-state index contributed by atoms with van der Waals surface area (Å²) in [6.45, 7) is 4.45. The van der Waals surface area contributed by atoms with Crippen LogP contribution in [0.25, 0.3) is 0 Å². The Labute approximate surface area is 165 Å². The van der Waals surface area contributed by atoms with E-state index in [1.54, 1.807) is 17.4 Å². The van der Waals surface area contributed by atoms with E-state index < -0.39 is 6.36 Å². The Bertz CT molecular complexity index is 703. The van der Waals surface area contributed by atoms with Crippen molar-refractivity contribution in [1.82, 2.24) is 0 Å². The lowest BCUT2D eigenvalue weighted by molar-refractivity contribution is -0.274. The Balaban J connectivity index is 0.00000312. The molecule has 0 atom stereocenters. The van der Waals surface area contributed by atoms with Crippen molar-refractivity contribution in [1.29, 1.82) is 0 Å². The van der Waals surface area contributed by atoms with Gasteiger partial charge in [0.1, 0.15) is 0 Å². The lowest BCUT2D eigenvalue weighted by Gasteiger charge is -2.21. The van der Waals surface area contributed by atoms with Gasteiger partial charge < -0.3 is 15.8 Å². The van der Waals surface area contributed by atoms with Crippen molar-refractivity contribution in [2.45, 2.75) is 25.6 Å². The highest BCUT2D eigenvalue weighted by molar-refractivity contribution is 14.0. The SMILES string of the molecule is CC(C)(CN=C(N)Nc1ccccc1OC(F)(F)F)c1cccs1.I. The third-order valence-electron chi connectivity index (χ3n) is 3.21. The predicted octanol–water partition coefficient (Wildman–Crippen LogP) is 4.97. The molecule has 138 valence electrons. The summed E-state index contributed by atoms with van der Waals surface area (Å²) in [5.74, 6) is -0.335. The zero-order chi connectivity index (χ0) is 17.8. The maximum atomic E-state index is 12.4. The highest BCUT2D eigenvalue weighted by Crippen LogP contribution is 2.30. The predicted molar refractivity (Wildman–Crippen MR) is 106 cm³/mol. The van der Waals surface area contributed by atoms with Crippen LogP contribution in [0.15, 0.2) is 46.8 Å². The maximum absolute atomic E-state index is 12.4. The second-order valence-corrected chi connectivity index (χ2v) is 6.68. The standard InChI is InChI=1S/C16H18F3N3OS.HI/c1-15(2,13-8-5-9-24-13)10-21-14(20)22-11-6-3-4-7-12(11)23-16(17,18)19;/h3-9H,10H2,1-2H3,(H3,20,21,22);1H. The van der Waals surface area contributed by atoms with Crippen LogP contribution in [0.5, 0.6) is 5.75 Å². The Morgan fingerprint density at radius 1 is 1.20 bits per heavy atom. The zero-order valence-electron chi connectivity index (χ0n) is 13.6. The number of nitrogens with zero attached hydrogens (tertiary/aromatic N) is 1. The van der Waals surface area contributed by atoms with Crippen molar-refractivity contribution in [3.63, 3.8) is 0 Å². The van der Waals surface area contributed by atoms with Gasteiger partial charge in [-0.05, 0) is 23.6 Å². The van der Waals surface area contributed by atoms with Crippen molar-refractivity contribution in [3.8, 4) is 5.75 Å². The molecule has 25 heavy (non-hydrogen) atoms. The molecule has 0 saturated carbocycles. The van der Waals surface area contributed by atoms with Gasteiger partial charge in [0.25, 0.3) is 0 Å². The van der Waals surface area contributed by atoms with E-state index in [2.05, 4.69) is 15.0 Å². The molecule has 0 bridgehead atoms. The van der Waals surface area contributed by atoms with E-state index in [0.717, 1.165) is 4.88 Å². The number of benzene rings is 1. The lowest BCUT2D eigenvalue weighted by Crippen LogP contribution is -2.28. The topological polar surface area (TPSA) is 59.6 Å². The number of para-hydroxylation sites is 2. The van der Waals surface area contributed by atoms with Crippen LogP contribution in [-0.4, -0.2) is 18.9 Å². The number of nitrogens with two attached hydrogens (primary N) is 1. The molecule has 0 unspecified atom stereocenters. The zero-order valence-corrected chi connectivity index (χ0v) is 16.8. The van der Waals surface area contributed by atoms with Crippen LogP contribution in [0, 0.1) is 0 Å². The molecule has 0 amide bonds. The number of thiophene rings is 1.